The van der Waals surface area contributed by atoms with Crippen molar-refractivity contribution in [3.05, 3.63) is 52.9 Å². The highest BCUT2D eigenvalue weighted by atomic mass is 35.5. The molecule has 0 unspecified atom stereocenters. The molecule has 0 amide bonds. The standard InChI is InChI=1S/C15H13ClO2S/c16-8-6-12(14-5-2-10-19-14)18-13-4-1-3-11-7-9-17-15(11)13/h1-5,7,9-10,12H,6,8H2/t12-/m0/s1. The molecule has 2 nitrogen and oxygen atoms in total. The fourth-order valence-corrected chi connectivity index (χ4v) is 3.03. The largest absolute Gasteiger partial charge is 0.481 e. The van der Waals surface area contributed by atoms with Gasteiger partial charge in [0.1, 0.15) is 6.10 Å². The maximum Gasteiger partial charge on any atom is 0.175 e. The van der Waals surface area contributed by atoms with E-state index in [1.807, 2.05) is 35.7 Å². The second-order valence-corrected chi connectivity index (χ2v) is 5.55. The van der Waals surface area contributed by atoms with Gasteiger partial charge < -0.3 is 9.15 Å². The Labute approximate surface area is 120 Å². The number of ether oxygens (including phenoxy) is 1. The first-order valence-corrected chi connectivity index (χ1v) is 7.52. The molecule has 3 rings (SSSR count). The summed E-state index contributed by atoms with van der Waals surface area (Å²) in [6.45, 7) is 0. The minimum atomic E-state index is -0.0202. The van der Waals surface area contributed by atoms with Crippen molar-refractivity contribution in [1.29, 1.82) is 0 Å². The summed E-state index contributed by atoms with van der Waals surface area (Å²) in [5.41, 5.74) is 0.790. The number of furan rings is 1. The van der Waals surface area contributed by atoms with E-state index in [0.29, 0.717) is 5.88 Å². The molecule has 0 aliphatic rings. The summed E-state index contributed by atoms with van der Waals surface area (Å²) < 4.78 is 11.6. The number of para-hydroxylation sites is 1. The van der Waals surface area contributed by atoms with Crippen molar-refractivity contribution in [3.63, 3.8) is 0 Å². The van der Waals surface area contributed by atoms with Gasteiger partial charge in [0.15, 0.2) is 11.3 Å². The molecule has 0 spiro atoms. The molecule has 4 heteroatoms. The van der Waals surface area contributed by atoms with E-state index in [1.54, 1.807) is 17.6 Å². The number of halogens is 1. The van der Waals surface area contributed by atoms with E-state index < -0.39 is 0 Å². The van der Waals surface area contributed by atoms with Gasteiger partial charge in [-0.1, -0.05) is 18.2 Å². The lowest BCUT2D eigenvalue weighted by Crippen LogP contribution is -2.06. The minimum absolute atomic E-state index is 0.0202. The molecule has 1 aromatic carbocycles. The predicted octanol–water partition coefficient (Wildman–Crippen LogP) is 5.24. The summed E-state index contributed by atoms with van der Waals surface area (Å²) in [5, 5.41) is 3.10. The predicted molar refractivity (Wildman–Crippen MR) is 79.2 cm³/mol. The number of thiophene rings is 1. The summed E-state index contributed by atoms with van der Waals surface area (Å²) in [7, 11) is 0. The van der Waals surface area contributed by atoms with Gasteiger partial charge in [-0.25, -0.2) is 0 Å². The first kappa shape index (κ1) is 12.6. The van der Waals surface area contributed by atoms with Crippen molar-refractivity contribution in [3.8, 4) is 5.75 Å². The number of rotatable bonds is 5. The molecular weight excluding hydrogens is 280 g/mol. The molecule has 0 saturated carbocycles. The highest BCUT2D eigenvalue weighted by Gasteiger charge is 2.16. The molecule has 2 heterocycles. The van der Waals surface area contributed by atoms with Gasteiger partial charge in [0.25, 0.3) is 0 Å². The van der Waals surface area contributed by atoms with E-state index >= 15 is 0 Å². The second-order valence-electron chi connectivity index (χ2n) is 4.19. The van der Waals surface area contributed by atoms with Crippen LogP contribution in [0.4, 0.5) is 0 Å². The molecule has 98 valence electrons. The van der Waals surface area contributed by atoms with Crippen LogP contribution in [0.1, 0.15) is 17.4 Å². The maximum atomic E-state index is 6.10. The lowest BCUT2D eigenvalue weighted by Gasteiger charge is -2.17. The number of hydrogen-bond donors (Lipinski definition) is 0. The van der Waals surface area contributed by atoms with E-state index in [-0.39, 0.29) is 6.10 Å². The Morgan fingerprint density at radius 1 is 1.21 bits per heavy atom. The summed E-state index contributed by atoms with van der Waals surface area (Å²) in [6.07, 6.45) is 2.44. The zero-order chi connectivity index (χ0) is 13.1. The van der Waals surface area contributed by atoms with Crippen molar-refractivity contribution in [2.24, 2.45) is 0 Å². The fourth-order valence-electron chi connectivity index (χ4n) is 2.04. The molecule has 0 N–H and O–H groups in total. The Morgan fingerprint density at radius 3 is 2.95 bits per heavy atom. The van der Waals surface area contributed by atoms with Crippen LogP contribution < -0.4 is 4.74 Å². The summed E-state index contributed by atoms with van der Waals surface area (Å²) in [4.78, 5) is 1.18. The third kappa shape index (κ3) is 2.62. The van der Waals surface area contributed by atoms with Crippen LogP contribution in [-0.4, -0.2) is 5.88 Å². The molecule has 19 heavy (non-hydrogen) atoms. The molecule has 3 aromatic rings. The highest BCUT2D eigenvalue weighted by molar-refractivity contribution is 7.10. The van der Waals surface area contributed by atoms with Crippen molar-refractivity contribution >= 4 is 33.9 Å². The third-order valence-electron chi connectivity index (χ3n) is 2.94. The van der Waals surface area contributed by atoms with Crippen LogP contribution in [0.5, 0.6) is 5.75 Å². The minimum Gasteiger partial charge on any atom is -0.481 e. The zero-order valence-corrected chi connectivity index (χ0v) is 11.8. The Balaban J connectivity index is 1.91. The Morgan fingerprint density at radius 2 is 2.16 bits per heavy atom. The van der Waals surface area contributed by atoms with Gasteiger partial charge in [0.2, 0.25) is 0 Å². The van der Waals surface area contributed by atoms with Gasteiger partial charge in [-0.3, -0.25) is 0 Å². The van der Waals surface area contributed by atoms with Crippen molar-refractivity contribution in [2.45, 2.75) is 12.5 Å². The molecule has 2 aromatic heterocycles. The van der Waals surface area contributed by atoms with Crippen molar-refractivity contribution < 1.29 is 9.15 Å². The van der Waals surface area contributed by atoms with E-state index in [2.05, 4.69) is 6.07 Å². The Hall–Kier alpha value is -1.45. The number of benzene rings is 1. The number of hydrogen-bond acceptors (Lipinski definition) is 3. The van der Waals surface area contributed by atoms with Crippen molar-refractivity contribution in [1.82, 2.24) is 0 Å². The van der Waals surface area contributed by atoms with Crippen LogP contribution in [0.3, 0.4) is 0 Å². The average molecular weight is 293 g/mol. The summed E-state index contributed by atoms with van der Waals surface area (Å²) in [6, 6.07) is 11.9. The number of alkyl halides is 1. The fraction of sp³-hybridized carbons (Fsp3) is 0.200. The molecule has 1 atom stereocenters. The Bertz CT molecular complexity index is 645. The molecule has 0 bridgehead atoms. The van der Waals surface area contributed by atoms with Crippen LogP contribution >= 0.6 is 22.9 Å². The van der Waals surface area contributed by atoms with E-state index in [0.717, 1.165) is 23.1 Å². The van der Waals surface area contributed by atoms with E-state index in [1.165, 1.54) is 4.88 Å². The normalized spacial score (nSPS) is 12.7. The van der Waals surface area contributed by atoms with E-state index in [4.69, 9.17) is 20.8 Å². The zero-order valence-electron chi connectivity index (χ0n) is 10.2. The quantitative estimate of drug-likeness (QED) is 0.600. The monoisotopic (exact) mass is 292 g/mol. The van der Waals surface area contributed by atoms with Crippen LogP contribution in [0.25, 0.3) is 11.0 Å². The topological polar surface area (TPSA) is 22.4 Å². The molecule has 0 saturated heterocycles. The van der Waals surface area contributed by atoms with Gasteiger partial charge >= 0.3 is 0 Å². The van der Waals surface area contributed by atoms with Gasteiger partial charge in [-0.05, 0) is 23.6 Å². The SMILES string of the molecule is ClCC[C@H](Oc1cccc2ccoc12)c1cccs1. The first-order valence-electron chi connectivity index (χ1n) is 6.11. The van der Waals surface area contributed by atoms with Crippen LogP contribution in [-0.2, 0) is 0 Å². The van der Waals surface area contributed by atoms with Crippen LogP contribution in [0, 0.1) is 0 Å². The smallest absolute Gasteiger partial charge is 0.175 e. The number of fused-ring (bicyclic) bond motifs is 1. The first-order chi connectivity index (χ1) is 9.38. The van der Waals surface area contributed by atoms with Gasteiger partial charge in [0.05, 0.1) is 6.26 Å². The van der Waals surface area contributed by atoms with Gasteiger partial charge in [0, 0.05) is 22.6 Å². The lowest BCUT2D eigenvalue weighted by molar-refractivity contribution is 0.206. The molecule has 0 aliphatic heterocycles. The molecule has 0 radical (unpaired) electrons. The Kier molecular flexibility index (Phi) is 3.76. The molecular formula is C15H13ClO2S. The third-order valence-corrected chi connectivity index (χ3v) is 4.13. The van der Waals surface area contributed by atoms with Gasteiger partial charge in [-0.15, -0.1) is 22.9 Å². The maximum absolute atomic E-state index is 6.10. The average Bonchev–Trinajstić information content (AvgIpc) is 3.10. The van der Waals surface area contributed by atoms with Crippen molar-refractivity contribution in [2.75, 3.05) is 5.88 Å². The van der Waals surface area contributed by atoms with Crippen LogP contribution in [0.2, 0.25) is 0 Å². The highest BCUT2D eigenvalue weighted by Crippen LogP contribution is 2.33. The van der Waals surface area contributed by atoms with Crippen LogP contribution in [0.15, 0.2) is 52.5 Å². The van der Waals surface area contributed by atoms with E-state index in [9.17, 15) is 0 Å². The summed E-state index contributed by atoms with van der Waals surface area (Å²) >= 11 is 7.56. The summed E-state index contributed by atoms with van der Waals surface area (Å²) in [5.74, 6) is 1.34. The molecule has 0 aliphatic carbocycles. The van der Waals surface area contributed by atoms with Gasteiger partial charge in [-0.2, -0.15) is 0 Å². The lowest BCUT2D eigenvalue weighted by atomic mass is 10.2. The molecule has 0 fully saturated rings. The second kappa shape index (κ2) is 5.68.